The zero-order valence-corrected chi connectivity index (χ0v) is 13.0. The average Bonchev–Trinajstić information content (AvgIpc) is 2.38. The first-order valence-corrected chi connectivity index (χ1v) is 6.49. The minimum Gasteiger partial charge on any atom is -0.468 e. The highest BCUT2D eigenvalue weighted by Crippen LogP contribution is 2.31. The van der Waals surface area contributed by atoms with Gasteiger partial charge in [0, 0.05) is 14.1 Å². The summed E-state index contributed by atoms with van der Waals surface area (Å²) in [7, 11) is 4.79. The molecule has 0 fully saturated rings. The quantitative estimate of drug-likeness (QED) is 0.486. The Labute approximate surface area is 127 Å². The molecule has 0 heterocycles. The Kier molecular flexibility index (Phi) is 5.85. The van der Waals surface area contributed by atoms with Crippen LogP contribution in [0.15, 0.2) is 18.2 Å². The van der Waals surface area contributed by atoms with Gasteiger partial charge in [-0.25, -0.2) is 0 Å². The molecule has 0 aliphatic carbocycles. The van der Waals surface area contributed by atoms with E-state index >= 15 is 0 Å². The number of hydrogen-bond acceptors (Lipinski definition) is 4. The number of thiocarbonyl (C=S) groups is 1. The van der Waals surface area contributed by atoms with Crippen molar-refractivity contribution in [1.29, 1.82) is 0 Å². The minimum atomic E-state index is -0.905. The summed E-state index contributed by atoms with van der Waals surface area (Å²) < 4.78 is 9.95. The van der Waals surface area contributed by atoms with Crippen molar-refractivity contribution < 1.29 is 14.3 Å². The lowest BCUT2D eigenvalue weighted by atomic mass is 10.1. The number of carbonyl (C=O) groups excluding carboxylic acids is 1. The summed E-state index contributed by atoms with van der Waals surface area (Å²) in [5.41, 5.74) is 0.529. The van der Waals surface area contributed by atoms with Crippen LogP contribution in [0.4, 0.5) is 0 Å². The molecule has 1 rings (SSSR count). The molecule has 0 amide bonds. The van der Waals surface area contributed by atoms with Gasteiger partial charge in [0.1, 0.15) is 5.75 Å². The summed E-state index contributed by atoms with van der Waals surface area (Å²) in [6.07, 6.45) is 0. The number of hydrogen-bond donors (Lipinski definition) is 0. The number of halogens is 2. The first-order valence-electron chi connectivity index (χ1n) is 5.27. The fraction of sp³-hybridized carbons (Fsp3) is 0.333. The second-order valence-electron chi connectivity index (χ2n) is 3.84. The maximum atomic E-state index is 11.3. The van der Waals surface area contributed by atoms with E-state index in [0.29, 0.717) is 16.3 Å². The van der Waals surface area contributed by atoms with Crippen molar-refractivity contribution in [2.45, 2.75) is 5.38 Å². The van der Waals surface area contributed by atoms with Crippen molar-refractivity contribution in [2.75, 3.05) is 21.2 Å². The molecular formula is C12H13Cl2NO3S. The van der Waals surface area contributed by atoms with Gasteiger partial charge in [0.2, 0.25) is 0 Å². The normalized spacial score (nSPS) is 11.6. The molecular weight excluding hydrogens is 309 g/mol. The highest BCUT2D eigenvalue weighted by atomic mass is 35.5. The lowest BCUT2D eigenvalue weighted by Crippen LogP contribution is -2.25. The SMILES string of the molecule is COC(=O)C(Cl)c1ccc(OC(=S)N(C)C)c(Cl)c1. The predicted octanol–water partition coefficient (Wildman–Crippen LogP) is 3.02. The lowest BCUT2D eigenvalue weighted by Gasteiger charge is -2.15. The summed E-state index contributed by atoms with van der Waals surface area (Å²) in [6.45, 7) is 0. The second-order valence-corrected chi connectivity index (χ2v) is 5.03. The maximum Gasteiger partial charge on any atom is 0.328 e. The van der Waals surface area contributed by atoms with Crippen LogP contribution in [0.2, 0.25) is 5.02 Å². The summed E-state index contributed by atoms with van der Waals surface area (Å²) in [5.74, 6) is -0.145. The number of carbonyl (C=O) groups is 1. The number of nitrogens with zero attached hydrogens (tertiary/aromatic N) is 1. The van der Waals surface area contributed by atoms with E-state index in [1.165, 1.54) is 7.11 Å². The molecule has 0 bridgehead atoms. The molecule has 4 nitrogen and oxygen atoms in total. The van der Waals surface area contributed by atoms with Gasteiger partial charge in [-0.15, -0.1) is 11.6 Å². The van der Waals surface area contributed by atoms with E-state index in [2.05, 4.69) is 4.74 Å². The number of benzene rings is 1. The van der Waals surface area contributed by atoms with Gasteiger partial charge >= 0.3 is 5.97 Å². The third-order valence-corrected chi connectivity index (χ3v) is 3.39. The summed E-state index contributed by atoms with van der Waals surface area (Å²) in [4.78, 5) is 13.0. The van der Waals surface area contributed by atoms with Gasteiger partial charge in [0.25, 0.3) is 5.17 Å². The van der Waals surface area contributed by atoms with Crippen LogP contribution < -0.4 is 4.74 Å². The summed E-state index contributed by atoms with van der Waals surface area (Å²) in [5, 5.41) is -0.307. The van der Waals surface area contributed by atoms with Gasteiger partial charge in [0.05, 0.1) is 12.1 Å². The molecule has 0 aliphatic rings. The number of methoxy groups -OCH3 is 1. The van der Waals surface area contributed by atoms with Gasteiger partial charge in [-0.05, 0) is 29.9 Å². The number of rotatable bonds is 3. The Balaban J connectivity index is 2.91. The van der Waals surface area contributed by atoms with Crippen LogP contribution in [0, 0.1) is 0 Å². The van der Waals surface area contributed by atoms with Crippen LogP contribution in [-0.2, 0) is 9.53 Å². The lowest BCUT2D eigenvalue weighted by molar-refractivity contribution is -0.140. The third kappa shape index (κ3) is 4.23. The standard InChI is InChI=1S/C12H13Cl2NO3S/c1-15(2)12(19)18-9-5-4-7(6-8(9)13)10(14)11(16)17-3/h4-6,10H,1-3H3. The van der Waals surface area contributed by atoms with E-state index in [1.807, 2.05) is 0 Å². The van der Waals surface area contributed by atoms with Gasteiger partial charge in [-0.2, -0.15) is 0 Å². The highest BCUT2D eigenvalue weighted by molar-refractivity contribution is 7.80. The van der Waals surface area contributed by atoms with Crippen molar-refractivity contribution >= 4 is 46.6 Å². The fourth-order valence-electron chi connectivity index (χ4n) is 1.18. The van der Waals surface area contributed by atoms with Gasteiger partial charge in [0.15, 0.2) is 5.38 Å². The van der Waals surface area contributed by atoms with Crippen molar-refractivity contribution in [2.24, 2.45) is 0 Å². The molecule has 0 saturated carbocycles. The van der Waals surface area contributed by atoms with Crippen molar-refractivity contribution in [3.8, 4) is 5.75 Å². The van der Waals surface area contributed by atoms with Crippen LogP contribution in [0.25, 0.3) is 0 Å². The number of ether oxygens (including phenoxy) is 2. The Bertz CT molecular complexity index is 494. The molecule has 0 N–H and O–H groups in total. The number of esters is 1. The van der Waals surface area contributed by atoms with Gasteiger partial charge in [-0.1, -0.05) is 17.7 Å². The molecule has 0 saturated heterocycles. The average molecular weight is 322 g/mol. The van der Waals surface area contributed by atoms with E-state index in [1.54, 1.807) is 37.2 Å². The van der Waals surface area contributed by atoms with E-state index in [-0.39, 0.29) is 5.17 Å². The van der Waals surface area contributed by atoms with Crippen LogP contribution >= 0.6 is 35.4 Å². The second kappa shape index (κ2) is 6.93. The Morgan fingerprint density at radius 3 is 2.53 bits per heavy atom. The largest absolute Gasteiger partial charge is 0.468 e. The molecule has 0 spiro atoms. The minimum absolute atomic E-state index is 0.282. The molecule has 0 aromatic heterocycles. The van der Waals surface area contributed by atoms with Crippen molar-refractivity contribution in [1.82, 2.24) is 4.90 Å². The Hall–Kier alpha value is -1.04. The molecule has 1 unspecified atom stereocenters. The monoisotopic (exact) mass is 321 g/mol. The molecule has 1 aromatic carbocycles. The van der Waals surface area contributed by atoms with E-state index in [0.717, 1.165) is 0 Å². The molecule has 1 aromatic rings. The van der Waals surface area contributed by atoms with Crippen LogP contribution in [-0.4, -0.2) is 37.2 Å². The Morgan fingerprint density at radius 1 is 1.42 bits per heavy atom. The first kappa shape index (κ1) is 16.0. The maximum absolute atomic E-state index is 11.3. The number of alkyl halides is 1. The smallest absolute Gasteiger partial charge is 0.328 e. The van der Waals surface area contributed by atoms with Gasteiger partial charge in [-0.3, -0.25) is 4.79 Å². The van der Waals surface area contributed by atoms with E-state index in [9.17, 15) is 4.79 Å². The molecule has 104 valence electrons. The van der Waals surface area contributed by atoms with E-state index < -0.39 is 11.3 Å². The predicted molar refractivity (Wildman–Crippen MR) is 79.0 cm³/mol. The highest BCUT2D eigenvalue weighted by Gasteiger charge is 2.19. The molecule has 1 atom stereocenters. The molecule has 7 heteroatoms. The third-order valence-electron chi connectivity index (χ3n) is 2.22. The first-order chi connectivity index (χ1) is 8.86. The summed E-state index contributed by atoms with van der Waals surface area (Å²) in [6, 6.07) is 4.78. The molecule has 19 heavy (non-hydrogen) atoms. The van der Waals surface area contributed by atoms with E-state index in [4.69, 9.17) is 40.2 Å². The van der Waals surface area contributed by atoms with Gasteiger partial charge < -0.3 is 14.4 Å². The van der Waals surface area contributed by atoms with Crippen LogP contribution in [0.3, 0.4) is 0 Å². The zero-order valence-electron chi connectivity index (χ0n) is 10.6. The molecule has 0 aliphatic heterocycles. The fourth-order valence-corrected chi connectivity index (χ4v) is 1.72. The Morgan fingerprint density at radius 2 is 2.05 bits per heavy atom. The van der Waals surface area contributed by atoms with Crippen molar-refractivity contribution in [3.63, 3.8) is 0 Å². The summed E-state index contributed by atoms with van der Waals surface area (Å²) >= 11 is 17.0. The van der Waals surface area contributed by atoms with Crippen LogP contribution in [0.5, 0.6) is 5.75 Å². The zero-order chi connectivity index (χ0) is 14.6. The molecule has 0 radical (unpaired) electrons. The van der Waals surface area contributed by atoms with Crippen LogP contribution in [0.1, 0.15) is 10.9 Å². The van der Waals surface area contributed by atoms with Crippen molar-refractivity contribution in [3.05, 3.63) is 28.8 Å². The topological polar surface area (TPSA) is 38.8 Å².